The van der Waals surface area contributed by atoms with Crippen molar-refractivity contribution in [1.29, 1.82) is 5.26 Å². The Hall–Kier alpha value is -2.98. The number of carbonyl (C=O) groups is 1. The van der Waals surface area contributed by atoms with E-state index in [1.54, 1.807) is 12.1 Å². The van der Waals surface area contributed by atoms with Crippen molar-refractivity contribution in [3.63, 3.8) is 0 Å². The minimum atomic E-state index is -0.556. The zero-order valence-corrected chi connectivity index (χ0v) is 15.1. The average Bonchev–Trinajstić information content (AvgIpc) is 2.60. The molecule has 2 aromatic rings. The first-order valence-corrected chi connectivity index (χ1v) is 7.91. The first-order valence-electron chi connectivity index (χ1n) is 7.12. The third kappa shape index (κ3) is 4.52. The molecule has 2 aromatic carbocycles. The van der Waals surface area contributed by atoms with Crippen molar-refractivity contribution in [3.05, 3.63) is 52.0 Å². The van der Waals surface area contributed by atoms with Gasteiger partial charge in [0.25, 0.3) is 5.91 Å². The van der Waals surface area contributed by atoms with Crippen LogP contribution in [-0.4, -0.2) is 25.2 Å². The first-order chi connectivity index (χ1) is 12.0. The molecule has 0 spiro atoms. The Labute approximate surface area is 153 Å². The van der Waals surface area contributed by atoms with Gasteiger partial charge in [0.2, 0.25) is 0 Å². The fraction of sp³-hybridized carbons (Fsp3) is 0.111. The summed E-state index contributed by atoms with van der Waals surface area (Å²) in [7, 11) is 3.02. The lowest BCUT2D eigenvalue weighted by Gasteiger charge is -2.10. The number of aromatic hydroxyl groups is 1. The number of hydrogen-bond acceptors (Lipinski definition) is 5. The molecule has 0 aliphatic carbocycles. The molecule has 0 saturated carbocycles. The quantitative estimate of drug-likeness (QED) is 0.451. The van der Waals surface area contributed by atoms with E-state index in [-0.39, 0.29) is 11.3 Å². The number of nitrogens with zero attached hydrogens (tertiary/aromatic N) is 1. The van der Waals surface area contributed by atoms with Gasteiger partial charge in [0, 0.05) is 5.69 Å². The molecule has 0 atom stereocenters. The number of hydrogen-bond donors (Lipinski definition) is 2. The van der Waals surface area contributed by atoms with Crippen molar-refractivity contribution in [1.82, 2.24) is 0 Å². The summed E-state index contributed by atoms with van der Waals surface area (Å²) in [5.74, 6) is 0.523. The number of nitriles is 1. The molecule has 2 N–H and O–H groups in total. The Bertz CT molecular complexity index is 855. The predicted molar refractivity (Wildman–Crippen MR) is 97.6 cm³/mol. The van der Waals surface area contributed by atoms with Crippen LogP contribution in [0.4, 0.5) is 5.69 Å². The number of nitrogens with one attached hydrogen (secondary N) is 1. The maximum atomic E-state index is 12.3. The van der Waals surface area contributed by atoms with Crippen molar-refractivity contribution < 1.29 is 19.4 Å². The van der Waals surface area contributed by atoms with Gasteiger partial charge in [0.1, 0.15) is 17.4 Å². The molecule has 2 rings (SSSR count). The van der Waals surface area contributed by atoms with E-state index in [0.29, 0.717) is 27.2 Å². The van der Waals surface area contributed by atoms with Gasteiger partial charge in [-0.15, -0.1) is 0 Å². The number of methoxy groups -OCH3 is 2. The normalized spacial score (nSPS) is 10.7. The fourth-order valence-corrected chi connectivity index (χ4v) is 2.70. The number of carbonyl (C=O) groups excluding carboxylic acids is 1. The third-order valence-corrected chi connectivity index (χ3v) is 3.85. The van der Waals surface area contributed by atoms with Crippen molar-refractivity contribution in [2.75, 3.05) is 19.5 Å². The van der Waals surface area contributed by atoms with Gasteiger partial charge >= 0.3 is 0 Å². The second kappa shape index (κ2) is 8.22. The molecular weight excluding hydrogens is 388 g/mol. The first kappa shape index (κ1) is 18.4. The number of phenols is 1. The van der Waals surface area contributed by atoms with E-state index < -0.39 is 5.91 Å². The van der Waals surface area contributed by atoms with Crippen LogP contribution >= 0.6 is 15.9 Å². The van der Waals surface area contributed by atoms with E-state index in [2.05, 4.69) is 21.2 Å². The molecule has 6 nitrogen and oxygen atoms in total. The van der Waals surface area contributed by atoms with Gasteiger partial charge in [-0.25, -0.2) is 0 Å². The number of rotatable bonds is 5. The smallest absolute Gasteiger partial charge is 0.266 e. The molecule has 25 heavy (non-hydrogen) atoms. The van der Waals surface area contributed by atoms with Crippen LogP contribution in [0.25, 0.3) is 6.08 Å². The monoisotopic (exact) mass is 402 g/mol. The van der Waals surface area contributed by atoms with Gasteiger partial charge in [-0.1, -0.05) is 0 Å². The van der Waals surface area contributed by atoms with Crippen molar-refractivity contribution in [2.24, 2.45) is 0 Å². The van der Waals surface area contributed by atoms with Crippen LogP contribution in [0.1, 0.15) is 5.56 Å². The van der Waals surface area contributed by atoms with E-state index in [4.69, 9.17) is 9.47 Å². The molecule has 0 unspecified atom stereocenters. The summed E-state index contributed by atoms with van der Waals surface area (Å²) >= 11 is 3.37. The number of amides is 1. The number of halogens is 1. The number of benzene rings is 2. The number of phenolic OH excluding ortho intramolecular Hbond substituents is 1. The lowest BCUT2D eigenvalue weighted by atomic mass is 10.1. The highest BCUT2D eigenvalue weighted by molar-refractivity contribution is 9.10. The van der Waals surface area contributed by atoms with Gasteiger partial charge in [-0.2, -0.15) is 5.26 Å². The highest BCUT2D eigenvalue weighted by Crippen LogP contribution is 2.36. The zero-order chi connectivity index (χ0) is 18.4. The Morgan fingerprint density at radius 2 is 1.92 bits per heavy atom. The molecule has 1 amide bonds. The van der Waals surface area contributed by atoms with Crippen molar-refractivity contribution in [2.45, 2.75) is 0 Å². The topological polar surface area (TPSA) is 91.6 Å². The maximum absolute atomic E-state index is 12.3. The Morgan fingerprint density at radius 1 is 1.24 bits per heavy atom. The Balaban J connectivity index is 2.30. The van der Waals surface area contributed by atoms with Crippen LogP contribution in [0.3, 0.4) is 0 Å². The molecule has 0 aromatic heterocycles. The fourth-order valence-electron chi connectivity index (χ4n) is 2.08. The summed E-state index contributed by atoms with van der Waals surface area (Å²) in [4.78, 5) is 12.3. The molecule has 0 aliphatic rings. The van der Waals surface area contributed by atoms with Crippen LogP contribution < -0.4 is 14.8 Å². The number of anilines is 1. The van der Waals surface area contributed by atoms with E-state index in [0.717, 1.165) is 0 Å². The zero-order valence-electron chi connectivity index (χ0n) is 13.5. The summed E-state index contributed by atoms with van der Waals surface area (Å²) in [6, 6.07) is 11.2. The highest BCUT2D eigenvalue weighted by Gasteiger charge is 2.13. The van der Waals surface area contributed by atoms with Crippen LogP contribution in [0.2, 0.25) is 0 Å². The molecule has 0 fully saturated rings. The third-order valence-electron chi connectivity index (χ3n) is 3.26. The lowest BCUT2D eigenvalue weighted by molar-refractivity contribution is -0.112. The van der Waals surface area contributed by atoms with Crippen LogP contribution in [0, 0.1) is 11.3 Å². The minimum absolute atomic E-state index is 0.0767. The molecule has 0 radical (unpaired) electrons. The summed E-state index contributed by atoms with van der Waals surface area (Å²) in [5.41, 5.74) is 0.992. The van der Waals surface area contributed by atoms with Crippen LogP contribution in [0.15, 0.2) is 46.4 Å². The van der Waals surface area contributed by atoms with Gasteiger partial charge in [-0.3, -0.25) is 4.79 Å². The van der Waals surface area contributed by atoms with Crippen LogP contribution in [0.5, 0.6) is 17.2 Å². The lowest BCUT2D eigenvalue weighted by Crippen LogP contribution is -2.13. The van der Waals surface area contributed by atoms with Gasteiger partial charge in [0.15, 0.2) is 11.5 Å². The second-order valence-corrected chi connectivity index (χ2v) is 5.76. The molecule has 0 saturated heterocycles. The second-order valence-electron chi connectivity index (χ2n) is 4.91. The SMILES string of the molecule is COc1cc(C=C(C#N)C(=O)Nc2ccc(O)cc2)cc(Br)c1OC. The maximum Gasteiger partial charge on any atom is 0.266 e. The Morgan fingerprint density at radius 3 is 2.48 bits per heavy atom. The summed E-state index contributed by atoms with van der Waals surface area (Å²) in [5, 5.41) is 21.1. The summed E-state index contributed by atoms with van der Waals surface area (Å²) < 4.78 is 11.1. The summed E-state index contributed by atoms with van der Waals surface area (Å²) in [6.45, 7) is 0. The van der Waals surface area contributed by atoms with Gasteiger partial charge in [-0.05, 0) is 64.0 Å². The van der Waals surface area contributed by atoms with Gasteiger partial charge < -0.3 is 19.9 Å². The molecule has 128 valence electrons. The van der Waals surface area contributed by atoms with Crippen molar-refractivity contribution >= 4 is 33.6 Å². The molecule has 0 bridgehead atoms. The Kier molecular flexibility index (Phi) is 6.03. The standard InChI is InChI=1S/C18H15BrN2O4/c1-24-16-9-11(8-15(19)17(16)25-2)7-12(10-20)18(23)21-13-3-5-14(22)6-4-13/h3-9,22H,1-2H3,(H,21,23). The van der Waals surface area contributed by atoms with E-state index in [9.17, 15) is 15.2 Å². The van der Waals surface area contributed by atoms with Crippen molar-refractivity contribution in [3.8, 4) is 23.3 Å². The molecular formula is C18H15BrN2O4. The van der Waals surface area contributed by atoms with Gasteiger partial charge in [0.05, 0.1) is 18.7 Å². The molecule has 7 heteroatoms. The number of ether oxygens (including phenoxy) is 2. The molecule has 0 heterocycles. The minimum Gasteiger partial charge on any atom is -0.508 e. The average molecular weight is 403 g/mol. The summed E-state index contributed by atoms with van der Waals surface area (Å²) in [6.07, 6.45) is 1.45. The molecule has 0 aliphatic heterocycles. The highest BCUT2D eigenvalue weighted by atomic mass is 79.9. The largest absolute Gasteiger partial charge is 0.508 e. The van der Waals surface area contributed by atoms with E-state index >= 15 is 0 Å². The van der Waals surface area contributed by atoms with E-state index in [1.807, 2.05) is 6.07 Å². The van der Waals surface area contributed by atoms with Crippen LogP contribution in [-0.2, 0) is 4.79 Å². The van der Waals surface area contributed by atoms with E-state index in [1.165, 1.54) is 44.6 Å². The predicted octanol–water partition coefficient (Wildman–Crippen LogP) is 3.72.